The monoisotopic (exact) mass is 477 g/mol. The first kappa shape index (κ1) is 25.9. The van der Waals surface area contributed by atoms with E-state index < -0.39 is 0 Å². The molecule has 0 aliphatic rings. The molecule has 1 heteroatoms. The minimum absolute atomic E-state index is 0.117. The number of rotatable bonds is 3. The lowest BCUT2D eigenvalue weighted by Gasteiger charge is -2.19. The molecule has 0 aliphatic heterocycles. The summed E-state index contributed by atoms with van der Waals surface area (Å²) in [6.45, 7) is 20.2. The smallest absolute Gasteiger partial charge is 0.207 e. The summed E-state index contributed by atoms with van der Waals surface area (Å²) in [4.78, 5) is 0. The van der Waals surface area contributed by atoms with Crippen LogP contribution < -0.4 is 0 Å². The lowest BCUT2D eigenvalue weighted by molar-refractivity contribution is 0.578. The second kappa shape index (κ2) is 9.36. The normalized spacial score (nSPS) is 12.6. The first-order valence-electron chi connectivity index (χ1n) is 13.0. The fourth-order valence-electron chi connectivity index (χ4n) is 4.38. The summed E-state index contributed by atoms with van der Waals surface area (Å²) in [5.41, 5.74) is 8.86. The highest BCUT2D eigenvalue weighted by molar-refractivity contribution is 5.75. The van der Waals surface area contributed by atoms with Crippen LogP contribution in [0.4, 0.5) is 0 Å². The molecule has 4 aromatic rings. The molecule has 0 bridgehead atoms. The maximum absolute atomic E-state index is 6.54. The Kier molecular flexibility index (Phi) is 6.73. The topological polar surface area (TPSA) is 11.3 Å². The Morgan fingerprint density at radius 1 is 0.361 bits per heavy atom. The van der Waals surface area contributed by atoms with Gasteiger partial charge in [-0.3, -0.25) is 0 Å². The molecule has 0 saturated heterocycles. The first-order valence-corrected chi connectivity index (χ1v) is 13.0. The van der Waals surface area contributed by atoms with Crippen LogP contribution in [0.25, 0.3) is 33.8 Å². The largest absolute Gasteiger partial charge is 0.361 e. The van der Waals surface area contributed by atoms with Crippen LogP contribution in [0.2, 0.25) is 0 Å². The van der Waals surface area contributed by atoms with Gasteiger partial charge >= 0.3 is 11.5 Å². The molecule has 1 aromatic heterocycles. The van der Waals surface area contributed by atoms with Gasteiger partial charge in [0.1, 0.15) is 0 Å². The molecule has 186 valence electrons. The van der Waals surface area contributed by atoms with E-state index in [9.17, 15) is 0 Å². The second-order valence-electron chi connectivity index (χ2n) is 13.1. The van der Waals surface area contributed by atoms with E-state index in [4.69, 9.17) is 4.42 Å². The van der Waals surface area contributed by atoms with Gasteiger partial charge in [-0.25, -0.2) is 4.42 Å². The Hall–Kier alpha value is -3.19. The van der Waals surface area contributed by atoms with Crippen molar-refractivity contribution in [2.75, 3.05) is 0 Å². The van der Waals surface area contributed by atoms with Crippen LogP contribution >= 0.6 is 0 Å². The Morgan fingerprint density at radius 3 is 0.917 bits per heavy atom. The van der Waals surface area contributed by atoms with Crippen molar-refractivity contribution in [1.29, 1.82) is 0 Å². The molecule has 0 atom stereocenters. The first-order chi connectivity index (χ1) is 16.7. The summed E-state index contributed by atoms with van der Waals surface area (Å²) in [6.07, 6.45) is 0. The Labute approximate surface area is 218 Å². The molecule has 0 saturated carbocycles. The summed E-state index contributed by atoms with van der Waals surface area (Å²) >= 11 is 0. The zero-order valence-corrected chi connectivity index (χ0v) is 23.5. The third-order valence-corrected chi connectivity index (χ3v) is 6.95. The summed E-state index contributed by atoms with van der Waals surface area (Å²) < 4.78 is 6.54. The van der Waals surface area contributed by atoms with Crippen LogP contribution in [0.5, 0.6) is 0 Å². The van der Waals surface area contributed by atoms with E-state index in [2.05, 4.69) is 147 Å². The molecule has 0 unspecified atom stereocenters. The maximum Gasteiger partial charge on any atom is 0.361 e. The Morgan fingerprint density at radius 2 is 0.639 bits per heavy atom. The van der Waals surface area contributed by atoms with Crippen molar-refractivity contribution in [3.8, 4) is 33.8 Å². The van der Waals surface area contributed by atoms with Gasteiger partial charge in [-0.1, -0.05) is 111 Å². The van der Waals surface area contributed by atoms with E-state index in [0.29, 0.717) is 0 Å². The molecular formula is C35H41O+. The molecule has 0 aliphatic carbocycles. The van der Waals surface area contributed by atoms with Crippen molar-refractivity contribution in [3.63, 3.8) is 0 Å². The average molecular weight is 478 g/mol. The van der Waals surface area contributed by atoms with Crippen molar-refractivity contribution in [2.24, 2.45) is 0 Å². The van der Waals surface area contributed by atoms with Crippen molar-refractivity contribution >= 4 is 0 Å². The molecule has 1 heterocycles. The van der Waals surface area contributed by atoms with Crippen molar-refractivity contribution in [3.05, 3.63) is 102 Å². The molecule has 0 radical (unpaired) electrons. The van der Waals surface area contributed by atoms with Crippen LogP contribution in [0, 0.1) is 0 Å². The summed E-state index contributed by atoms with van der Waals surface area (Å²) in [6, 6.07) is 30.9. The zero-order chi connectivity index (χ0) is 26.3. The minimum Gasteiger partial charge on any atom is -0.207 e. The van der Waals surface area contributed by atoms with Gasteiger partial charge in [0, 0.05) is 5.56 Å². The SMILES string of the molecule is CC(C)(C)c1ccc(-c2cc(-c3ccc(C(C)(C)C)cc3)[o+]c(-c3ccc(C(C)(C)C)cc3)c2)cc1. The van der Waals surface area contributed by atoms with Crippen molar-refractivity contribution in [1.82, 2.24) is 0 Å². The van der Waals surface area contributed by atoms with Gasteiger partial charge in [-0.2, -0.15) is 0 Å². The van der Waals surface area contributed by atoms with Crippen LogP contribution in [0.1, 0.15) is 79.0 Å². The molecule has 4 rings (SSSR count). The Balaban J connectivity index is 1.82. The van der Waals surface area contributed by atoms with Crippen LogP contribution in [0.15, 0.2) is 89.3 Å². The van der Waals surface area contributed by atoms with Crippen LogP contribution in [-0.2, 0) is 16.2 Å². The highest BCUT2D eigenvalue weighted by Gasteiger charge is 2.23. The van der Waals surface area contributed by atoms with Gasteiger partial charge in [0.05, 0.1) is 23.3 Å². The molecule has 3 aromatic carbocycles. The zero-order valence-electron chi connectivity index (χ0n) is 23.5. The number of benzene rings is 3. The molecule has 36 heavy (non-hydrogen) atoms. The van der Waals surface area contributed by atoms with Gasteiger partial charge < -0.3 is 0 Å². The van der Waals surface area contributed by atoms with Crippen molar-refractivity contribution in [2.45, 2.75) is 78.6 Å². The predicted octanol–water partition coefficient (Wildman–Crippen LogP) is 10.5. The molecule has 0 amide bonds. The Bertz CT molecular complexity index is 1140. The highest BCUT2D eigenvalue weighted by atomic mass is 16.3. The van der Waals surface area contributed by atoms with Gasteiger partial charge in [0.2, 0.25) is 0 Å². The third-order valence-electron chi connectivity index (χ3n) is 6.95. The molecule has 0 spiro atoms. The van der Waals surface area contributed by atoms with E-state index in [1.54, 1.807) is 0 Å². The number of hydrogen-bond acceptors (Lipinski definition) is 0. The maximum atomic E-state index is 6.54. The standard InChI is InChI=1S/C35H41O/c1-33(2,3)28-16-10-24(11-17-28)27-22-31(25-12-18-29(19-13-25)34(4,5)6)36-32(23-27)26-14-20-30(21-15-26)35(7,8)9/h10-23H,1-9H3/q+1. The van der Waals surface area contributed by atoms with Gasteiger partial charge in [0.15, 0.2) is 0 Å². The van der Waals surface area contributed by atoms with Gasteiger partial charge in [0.25, 0.3) is 0 Å². The summed E-state index contributed by atoms with van der Waals surface area (Å²) in [5, 5.41) is 0. The fourth-order valence-corrected chi connectivity index (χ4v) is 4.38. The van der Waals surface area contributed by atoms with E-state index in [0.717, 1.165) is 28.2 Å². The molecular weight excluding hydrogens is 436 g/mol. The van der Waals surface area contributed by atoms with Gasteiger partial charge in [-0.05, 0) is 62.8 Å². The van der Waals surface area contributed by atoms with E-state index >= 15 is 0 Å². The summed E-state index contributed by atoms with van der Waals surface area (Å²) in [5.74, 6) is 1.76. The van der Waals surface area contributed by atoms with E-state index in [1.165, 1.54) is 22.3 Å². The molecule has 0 N–H and O–H groups in total. The van der Waals surface area contributed by atoms with E-state index in [-0.39, 0.29) is 16.2 Å². The van der Waals surface area contributed by atoms with Crippen LogP contribution in [0.3, 0.4) is 0 Å². The highest BCUT2D eigenvalue weighted by Crippen LogP contribution is 2.35. The van der Waals surface area contributed by atoms with E-state index in [1.807, 2.05) is 0 Å². The second-order valence-corrected chi connectivity index (χ2v) is 13.1. The minimum atomic E-state index is 0.117. The lowest BCUT2D eigenvalue weighted by atomic mass is 9.86. The van der Waals surface area contributed by atoms with Crippen LogP contribution in [-0.4, -0.2) is 0 Å². The quantitative estimate of drug-likeness (QED) is 0.267. The van der Waals surface area contributed by atoms with Crippen molar-refractivity contribution < 1.29 is 4.42 Å². The molecule has 0 fully saturated rings. The van der Waals surface area contributed by atoms with Gasteiger partial charge in [-0.15, -0.1) is 0 Å². The average Bonchev–Trinajstić information content (AvgIpc) is 2.82. The number of hydrogen-bond donors (Lipinski definition) is 0. The third kappa shape index (κ3) is 5.78. The lowest BCUT2D eigenvalue weighted by Crippen LogP contribution is -2.10. The predicted molar refractivity (Wildman–Crippen MR) is 156 cm³/mol. The summed E-state index contributed by atoms with van der Waals surface area (Å²) in [7, 11) is 0. The molecule has 1 nitrogen and oxygen atoms in total. The fraction of sp³-hybridized carbons (Fsp3) is 0.343.